The second-order valence-corrected chi connectivity index (χ2v) is 8.20. The smallest absolute Gasteiger partial charge is 0.227 e. The van der Waals surface area contributed by atoms with Crippen molar-refractivity contribution in [3.8, 4) is 0 Å². The molecule has 152 valence electrons. The molecule has 29 heavy (non-hydrogen) atoms. The van der Waals surface area contributed by atoms with E-state index < -0.39 is 0 Å². The van der Waals surface area contributed by atoms with Crippen molar-refractivity contribution in [3.63, 3.8) is 0 Å². The highest BCUT2D eigenvalue weighted by molar-refractivity contribution is 6.33. The lowest BCUT2D eigenvalue weighted by atomic mass is 10.00. The summed E-state index contributed by atoms with van der Waals surface area (Å²) < 4.78 is 0. The molecule has 0 aromatic heterocycles. The van der Waals surface area contributed by atoms with Crippen LogP contribution >= 0.6 is 11.6 Å². The van der Waals surface area contributed by atoms with Gasteiger partial charge in [-0.05, 0) is 36.1 Å². The number of amides is 2. The van der Waals surface area contributed by atoms with Crippen LogP contribution in [-0.4, -0.2) is 42.9 Å². The summed E-state index contributed by atoms with van der Waals surface area (Å²) in [6.45, 7) is 4.03. The molecule has 1 fully saturated rings. The molecule has 0 aliphatic carbocycles. The normalized spacial score (nSPS) is 19.3. The summed E-state index contributed by atoms with van der Waals surface area (Å²) in [7, 11) is 0. The predicted molar refractivity (Wildman–Crippen MR) is 115 cm³/mol. The first-order valence-corrected chi connectivity index (χ1v) is 10.6. The van der Waals surface area contributed by atoms with Gasteiger partial charge in [0, 0.05) is 39.1 Å². The average molecular weight is 412 g/mol. The van der Waals surface area contributed by atoms with Gasteiger partial charge in [-0.25, -0.2) is 0 Å². The van der Waals surface area contributed by atoms with Crippen LogP contribution < -0.4 is 10.2 Å². The monoisotopic (exact) mass is 411 g/mol. The van der Waals surface area contributed by atoms with Crippen LogP contribution in [0, 0.1) is 5.92 Å². The molecular formula is C23H26ClN3O2. The molecule has 4 rings (SSSR count). The molecule has 2 aliphatic rings. The lowest BCUT2D eigenvalue weighted by Crippen LogP contribution is -2.36. The molecule has 1 N–H and O–H groups in total. The minimum absolute atomic E-state index is 0.0445. The summed E-state index contributed by atoms with van der Waals surface area (Å²) >= 11 is 6.21. The lowest BCUT2D eigenvalue weighted by Gasteiger charge is -2.28. The first-order valence-electron chi connectivity index (χ1n) is 10.2. The molecule has 2 heterocycles. The minimum atomic E-state index is -0.319. The Morgan fingerprint density at radius 3 is 2.69 bits per heavy atom. The van der Waals surface area contributed by atoms with Gasteiger partial charge in [0.25, 0.3) is 0 Å². The van der Waals surface area contributed by atoms with Gasteiger partial charge < -0.3 is 10.2 Å². The fourth-order valence-electron chi connectivity index (χ4n) is 4.19. The molecule has 0 unspecified atom stereocenters. The predicted octanol–water partition coefficient (Wildman–Crippen LogP) is 3.26. The van der Waals surface area contributed by atoms with Gasteiger partial charge >= 0.3 is 0 Å². The highest BCUT2D eigenvalue weighted by atomic mass is 35.5. The molecule has 6 heteroatoms. The second-order valence-electron chi connectivity index (χ2n) is 7.80. The third kappa shape index (κ3) is 4.62. The van der Waals surface area contributed by atoms with Crippen LogP contribution in [0.2, 0.25) is 5.02 Å². The maximum Gasteiger partial charge on any atom is 0.227 e. The van der Waals surface area contributed by atoms with E-state index in [1.165, 1.54) is 11.1 Å². The van der Waals surface area contributed by atoms with Gasteiger partial charge in [-0.3, -0.25) is 14.5 Å². The number of rotatable bonds is 6. The molecule has 1 saturated heterocycles. The highest BCUT2D eigenvalue weighted by Crippen LogP contribution is 2.31. The number of para-hydroxylation sites is 1. The van der Waals surface area contributed by atoms with E-state index in [-0.39, 0.29) is 24.2 Å². The first kappa shape index (κ1) is 19.9. The van der Waals surface area contributed by atoms with Crippen molar-refractivity contribution in [1.82, 2.24) is 10.2 Å². The van der Waals surface area contributed by atoms with Crippen molar-refractivity contribution in [2.24, 2.45) is 5.92 Å². The number of halogens is 1. The standard InChI is InChI=1S/C23H26ClN3O2/c24-20-8-3-4-9-21(20)27-16-19(14-22(27)28)23(29)25-11-5-12-26-13-10-17-6-1-2-7-18(17)15-26/h1-4,6-9,19H,5,10-16H2,(H,25,29)/t19-/m1/s1. The second kappa shape index (κ2) is 8.97. The molecule has 2 aliphatic heterocycles. The summed E-state index contributed by atoms with van der Waals surface area (Å²) in [5.74, 6) is -0.414. The number of hydrogen-bond acceptors (Lipinski definition) is 3. The molecule has 0 radical (unpaired) electrons. The summed E-state index contributed by atoms with van der Waals surface area (Å²) in [6, 6.07) is 15.9. The fraction of sp³-hybridized carbons (Fsp3) is 0.391. The molecule has 2 aromatic carbocycles. The van der Waals surface area contributed by atoms with Crippen molar-refractivity contribution >= 4 is 29.1 Å². The summed E-state index contributed by atoms with van der Waals surface area (Å²) in [5.41, 5.74) is 3.54. The third-order valence-electron chi connectivity index (χ3n) is 5.80. The highest BCUT2D eigenvalue weighted by Gasteiger charge is 2.35. The van der Waals surface area contributed by atoms with Crippen LogP contribution in [0.5, 0.6) is 0 Å². The third-order valence-corrected chi connectivity index (χ3v) is 6.12. The van der Waals surface area contributed by atoms with Crippen LogP contribution in [0.3, 0.4) is 0 Å². The van der Waals surface area contributed by atoms with Gasteiger partial charge in [0.05, 0.1) is 16.6 Å². The zero-order valence-electron chi connectivity index (χ0n) is 16.4. The van der Waals surface area contributed by atoms with Crippen molar-refractivity contribution in [3.05, 3.63) is 64.7 Å². The van der Waals surface area contributed by atoms with E-state index in [2.05, 4.69) is 34.5 Å². The Balaban J connectivity index is 1.22. The minimum Gasteiger partial charge on any atom is -0.356 e. The van der Waals surface area contributed by atoms with Crippen LogP contribution in [-0.2, 0) is 22.6 Å². The fourth-order valence-corrected chi connectivity index (χ4v) is 4.43. The van der Waals surface area contributed by atoms with Crippen molar-refractivity contribution in [1.29, 1.82) is 0 Å². The Kier molecular flexibility index (Phi) is 6.16. The van der Waals surface area contributed by atoms with E-state index in [4.69, 9.17) is 11.6 Å². The number of benzene rings is 2. The Morgan fingerprint density at radius 1 is 1.10 bits per heavy atom. The zero-order valence-corrected chi connectivity index (χ0v) is 17.2. The molecule has 2 amide bonds. The van der Waals surface area contributed by atoms with Gasteiger partial charge in [0.2, 0.25) is 11.8 Å². The Morgan fingerprint density at radius 2 is 1.86 bits per heavy atom. The number of carbonyl (C=O) groups is 2. The number of anilines is 1. The van der Waals surface area contributed by atoms with Gasteiger partial charge in [0.1, 0.15) is 0 Å². The lowest BCUT2D eigenvalue weighted by molar-refractivity contribution is -0.126. The Labute approximate surface area is 176 Å². The first-order chi connectivity index (χ1) is 14.1. The van der Waals surface area contributed by atoms with E-state index in [0.717, 1.165) is 32.5 Å². The van der Waals surface area contributed by atoms with E-state index >= 15 is 0 Å². The summed E-state index contributed by atoms with van der Waals surface area (Å²) in [6.07, 6.45) is 2.23. The summed E-state index contributed by atoms with van der Waals surface area (Å²) in [4.78, 5) is 29.0. The maximum absolute atomic E-state index is 12.5. The average Bonchev–Trinajstić information content (AvgIpc) is 3.13. The molecule has 0 bridgehead atoms. The van der Waals surface area contributed by atoms with Crippen LogP contribution in [0.25, 0.3) is 0 Å². The van der Waals surface area contributed by atoms with Gasteiger partial charge in [-0.2, -0.15) is 0 Å². The van der Waals surface area contributed by atoms with E-state index in [9.17, 15) is 9.59 Å². The maximum atomic E-state index is 12.5. The molecule has 0 saturated carbocycles. The Hall–Kier alpha value is -2.37. The van der Waals surface area contributed by atoms with Crippen LogP contribution in [0.1, 0.15) is 24.0 Å². The number of nitrogens with zero attached hydrogens (tertiary/aromatic N) is 2. The summed E-state index contributed by atoms with van der Waals surface area (Å²) in [5, 5.41) is 3.55. The van der Waals surface area contributed by atoms with Crippen molar-refractivity contribution in [2.45, 2.75) is 25.8 Å². The van der Waals surface area contributed by atoms with Crippen LogP contribution in [0.15, 0.2) is 48.5 Å². The largest absolute Gasteiger partial charge is 0.356 e. The SMILES string of the molecule is O=C(NCCCN1CCc2ccccc2C1)[C@@H]1CC(=O)N(c2ccccc2Cl)C1. The zero-order chi connectivity index (χ0) is 20.2. The van der Waals surface area contributed by atoms with E-state index in [1.807, 2.05) is 18.2 Å². The van der Waals surface area contributed by atoms with Crippen molar-refractivity contribution in [2.75, 3.05) is 31.1 Å². The molecule has 5 nitrogen and oxygen atoms in total. The van der Waals surface area contributed by atoms with E-state index in [1.54, 1.807) is 11.0 Å². The van der Waals surface area contributed by atoms with Gasteiger partial charge in [-0.15, -0.1) is 0 Å². The molecule has 0 spiro atoms. The van der Waals surface area contributed by atoms with Crippen LogP contribution in [0.4, 0.5) is 5.69 Å². The van der Waals surface area contributed by atoms with Gasteiger partial charge in [-0.1, -0.05) is 48.0 Å². The molecule has 1 atom stereocenters. The van der Waals surface area contributed by atoms with E-state index in [0.29, 0.717) is 23.8 Å². The quantitative estimate of drug-likeness (QED) is 0.742. The number of carbonyl (C=O) groups excluding carboxylic acids is 2. The number of nitrogens with one attached hydrogen (secondary N) is 1. The molecular weight excluding hydrogens is 386 g/mol. The number of hydrogen-bond donors (Lipinski definition) is 1. The van der Waals surface area contributed by atoms with Gasteiger partial charge in [0.15, 0.2) is 0 Å². The number of fused-ring (bicyclic) bond motifs is 1. The molecule has 2 aromatic rings. The Bertz CT molecular complexity index is 901. The van der Waals surface area contributed by atoms with Crippen molar-refractivity contribution < 1.29 is 9.59 Å². The topological polar surface area (TPSA) is 52.7 Å².